The third kappa shape index (κ3) is 2.77. The average molecular weight is 201 g/mol. The number of pyridine rings is 1. The van der Waals surface area contributed by atoms with Crippen molar-refractivity contribution in [2.45, 2.75) is 19.9 Å². The highest BCUT2D eigenvalue weighted by Crippen LogP contribution is 2.36. The normalized spacial score (nSPS) is 23.5. The van der Waals surface area contributed by atoms with Crippen LogP contribution in [0.4, 0.5) is 0 Å². The zero-order valence-corrected chi connectivity index (χ0v) is 8.90. The van der Waals surface area contributed by atoms with Crippen LogP contribution in [-0.4, -0.2) is 11.5 Å². The second-order valence-corrected chi connectivity index (χ2v) is 4.27. The van der Waals surface area contributed by atoms with E-state index in [0.717, 1.165) is 30.5 Å². The Kier molecular flexibility index (Phi) is 2.98. The molecular formula is C12H15N3. The van der Waals surface area contributed by atoms with Gasteiger partial charge < -0.3 is 5.32 Å². The number of nitrogens with zero attached hydrogens (tertiary/aromatic N) is 2. The van der Waals surface area contributed by atoms with Gasteiger partial charge in [-0.1, -0.05) is 6.92 Å². The van der Waals surface area contributed by atoms with E-state index in [1.807, 2.05) is 18.2 Å². The Morgan fingerprint density at radius 2 is 2.47 bits per heavy atom. The molecule has 0 bridgehead atoms. The summed E-state index contributed by atoms with van der Waals surface area (Å²) >= 11 is 0. The molecule has 0 aliphatic heterocycles. The van der Waals surface area contributed by atoms with E-state index in [0.29, 0.717) is 5.69 Å². The van der Waals surface area contributed by atoms with Crippen molar-refractivity contribution in [1.82, 2.24) is 10.3 Å². The average Bonchev–Trinajstić information content (AvgIpc) is 2.95. The fraction of sp³-hybridized carbons (Fsp3) is 0.500. The number of aromatic nitrogens is 1. The minimum Gasteiger partial charge on any atom is -0.312 e. The van der Waals surface area contributed by atoms with Crippen LogP contribution in [-0.2, 0) is 6.54 Å². The molecule has 78 valence electrons. The molecule has 1 fully saturated rings. The Hall–Kier alpha value is -1.40. The van der Waals surface area contributed by atoms with Crippen LogP contribution in [0.25, 0.3) is 0 Å². The fourth-order valence-corrected chi connectivity index (χ4v) is 1.73. The Bertz CT molecular complexity index is 381. The molecule has 3 nitrogen and oxygen atoms in total. The molecule has 2 unspecified atom stereocenters. The van der Waals surface area contributed by atoms with E-state index < -0.39 is 0 Å². The number of nitriles is 1. The topological polar surface area (TPSA) is 48.7 Å². The first-order valence-corrected chi connectivity index (χ1v) is 5.35. The molecule has 0 amide bonds. The van der Waals surface area contributed by atoms with E-state index in [4.69, 9.17) is 5.26 Å². The van der Waals surface area contributed by atoms with E-state index in [2.05, 4.69) is 17.2 Å². The second-order valence-electron chi connectivity index (χ2n) is 4.27. The van der Waals surface area contributed by atoms with E-state index in [-0.39, 0.29) is 0 Å². The molecule has 1 aromatic rings. The van der Waals surface area contributed by atoms with Gasteiger partial charge >= 0.3 is 0 Å². The van der Waals surface area contributed by atoms with E-state index in [1.54, 1.807) is 6.20 Å². The maximum atomic E-state index is 8.69. The largest absolute Gasteiger partial charge is 0.312 e. The van der Waals surface area contributed by atoms with Crippen molar-refractivity contribution in [3.8, 4) is 6.07 Å². The summed E-state index contributed by atoms with van der Waals surface area (Å²) in [6.45, 7) is 4.21. The molecule has 3 heteroatoms. The molecule has 1 aromatic heterocycles. The smallest absolute Gasteiger partial charge is 0.140 e. The lowest BCUT2D eigenvalue weighted by molar-refractivity contribution is 0.611. The van der Waals surface area contributed by atoms with Gasteiger partial charge in [-0.2, -0.15) is 5.26 Å². The molecule has 0 aromatic carbocycles. The summed E-state index contributed by atoms with van der Waals surface area (Å²) in [5.41, 5.74) is 1.63. The molecular weight excluding hydrogens is 186 g/mol. The Morgan fingerprint density at radius 3 is 3.13 bits per heavy atom. The predicted molar refractivity (Wildman–Crippen MR) is 57.9 cm³/mol. The predicted octanol–water partition coefficient (Wildman–Crippen LogP) is 1.70. The lowest BCUT2D eigenvalue weighted by Gasteiger charge is -2.03. The summed E-state index contributed by atoms with van der Waals surface area (Å²) in [5.74, 6) is 1.76. The maximum Gasteiger partial charge on any atom is 0.140 e. The van der Waals surface area contributed by atoms with E-state index >= 15 is 0 Å². The molecule has 1 aliphatic carbocycles. The van der Waals surface area contributed by atoms with Gasteiger partial charge in [-0.15, -0.1) is 0 Å². The van der Waals surface area contributed by atoms with Gasteiger partial charge in [0.25, 0.3) is 0 Å². The molecule has 0 saturated heterocycles. The third-order valence-corrected chi connectivity index (χ3v) is 2.95. The van der Waals surface area contributed by atoms with Gasteiger partial charge in [-0.3, -0.25) is 0 Å². The summed E-state index contributed by atoms with van der Waals surface area (Å²) in [6.07, 6.45) is 3.04. The van der Waals surface area contributed by atoms with Crippen LogP contribution in [0.15, 0.2) is 18.3 Å². The zero-order valence-electron chi connectivity index (χ0n) is 8.90. The molecule has 0 radical (unpaired) electrons. The molecule has 1 aliphatic rings. The number of hydrogen-bond donors (Lipinski definition) is 1. The summed E-state index contributed by atoms with van der Waals surface area (Å²) in [6, 6.07) is 5.83. The van der Waals surface area contributed by atoms with Gasteiger partial charge in [-0.25, -0.2) is 4.98 Å². The van der Waals surface area contributed by atoms with Crippen molar-refractivity contribution >= 4 is 0 Å². The van der Waals surface area contributed by atoms with Crippen molar-refractivity contribution < 1.29 is 0 Å². The lowest BCUT2D eigenvalue weighted by atomic mass is 10.2. The molecule has 2 rings (SSSR count). The van der Waals surface area contributed by atoms with Crippen LogP contribution >= 0.6 is 0 Å². The van der Waals surface area contributed by atoms with Gasteiger partial charge in [-0.05, 0) is 42.5 Å². The van der Waals surface area contributed by atoms with E-state index in [9.17, 15) is 0 Å². The monoisotopic (exact) mass is 201 g/mol. The molecule has 1 saturated carbocycles. The minimum absolute atomic E-state index is 0.495. The van der Waals surface area contributed by atoms with Crippen molar-refractivity contribution in [3.63, 3.8) is 0 Å². The number of hydrogen-bond acceptors (Lipinski definition) is 3. The Labute approximate surface area is 90.1 Å². The maximum absolute atomic E-state index is 8.69. The highest BCUT2D eigenvalue weighted by molar-refractivity contribution is 5.25. The van der Waals surface area contributed by atoms with Crippen LogP contribution in [0.5, 0.6) is 0 Å². The van der Waals surface area contributed by atoms with Crippen LogP contribution in [0.3, 0.4) is 0 Å². The Balaban J connectivity index is 1.80. The standard InChI is InChI=1S/C12H15N3/c1-9-4-11(9)8-14-7-10-2-3-15-12(5-10)6-13/h2-3,5,9,11,14H,4,7-8H2,1H3. The quantitative estimate of drug-likeness (QED) is 0.806. The highest BCUT2D eigenvalue weighted by atomic mass is 14.9. The summed E-state index contributed by atoms with van der Waals surface area (Å²) in [4.78, 5) is 3.94. The van der Waals surface area contributed by atoms with Crippen LogP contribution in [0.1, 0.15) is 24.6 Å². The van der Waals surface area contributed by atoms with Gasteiger partial charge in [0.15, 0.2) is 0 Å². The van der Waals surface area contributed by atoms with Gasteiger partial charge in [0.1, 0.15) is 11.8 Å². The molecule has 15 heavy (non-hydrogen) atoms. The third-order valence-electron chi connectivity index (χ3n) is 2.95. The second kappa shape index (κ2) is 4.41. The number of nitrogens with one attached hydrogen (secondary N) is 1. The van der Waals surface area contributed by atoms with Crippen LogP contribution < -0.4 is 5.32 Å². The van der Waals surface area contributed by atoms with Crippen LogP contribution in [0.2, 0.25) is 0 Å². The molecule has 0 spiro atoms. The SMILES string of the molecule is CC1CC1CNCc1ccnc(C#N)c1. The minimum atomic E-state index is 0.495. The number of rotatable bonds is 4. The summed E-state index contributed by atoms with van der Waals surface area (Å²) in [5, 5.41) is 12.1. The van der Waals surface area contributed by atoms with E-state index in [1.165, 1.54) is 6.42 Å². The fourth-order valence-electron chi connectivity index (χ4n) is 1.73. The van der Waals surface area contributed by atoms with Gasteiger partial charge in [0.05, 0.1) is 0 Å². The molecule has 1 N–H and O–H groups in total. The van der Waals surface area contributed by atoms with Crippen LogP contribution in [0, 0.1) is 23.2 Å². The first-order valence-electron chi connectivity index (χ1n) is 5.35. The van der Waals surface area contributed by atoms with Crippen molar-refractivity contribution in [1.29, 1.82) is 5.26 Å². The van der Waals surface area contributed by atoms with Crippen molar-refractivity contribution in [3.05, 3.63) is 29.6 Å². The van der Waals surface area contributed by atoms with Gasteiger partial charge in [0.2, 0.25) is 0 Å². The van der Waals surface area contributed by atoms with Crippen molar-refractivity contribution in [2.75, 3.05) is 6.54 Å². The van der Waals surface area contributed by atoms with Crippen molar-refractivity contribution in [2.24, 2.45) is 11.8 Å². The zero-order chi connectivity index (χ0) is 10.7. The Morgan fingerprint density at radius 1 is 1.67 bits per heavy atom. The molecule has 2 atom stereocenters. The summed E-state index contributed by atoms with van der Waals surface area (Å²) in [7, 11) is 0. The first kappa shape index (κ1) is 10.1. The molecule has 1 heterocycles. The highest BCUT2D eigenvalue weighted by Gasteiger charge is 2.31. The summed E-state index contributed by atoms with van der Waals surface area (Å²) < 4.78 is 0. The first-order chi connectivity index (χ1) is 7.29. The van der Waals surface area contributed by atoms with Gasteiger partial charge in [0, 0.05) is 12.7 Å². The lowest BCUT2D eigenvalue weighted by Crippen LogP contribution is -2.16.